The van der Waals surface area contributed by atoms with Gasteiger partial charge in [-0.15, -0.1) is 0 Å². The van der Waals surface area contributed by atoms with Crippen LogP contribution in [0.4, 0.5) is 23.0 Å². The number of nitro benzene ring substituents is 1. The molecule has 0 atom stereocenters. The van der Waals surface area contributed by atoms with Crippen LogP contribution in [-0.2, 0) is 0 Å². The number of halogens is 1. The van der Waals surface area contributed by atoms with Gasteiger partial charge in [0, 0.05) is 22.3 Å². The number of nitro groups is 1. The van der Waals surface area contributed by atoms with E-state index in [1.54, 1.807) is 12.1 Å². The Kier molecular flexibility index (Phi) is 5.07. The molecule has 2 aromatic carbocycles. The van der Waals surface area contributed by atoms with Crippen LogP contribution in [0.5, 0.6) is 0 Å². The lowest BCUT2D eigenvalue weighted by Crippen LogP contribution is -2.03. The summed E-state index contributed by atoms with van der Waals surface area (Å²) in [6.45, 7) is 0. The van der Waals surface area contributed by atoms with Gasteiger partial charge >= 0.3 is 0 Å². The van der Waals surface area contributed by atoms with E-state index >= 15 is 0 Å². The third kappa shape index (κ3) is 4.32. The molecule has 0 aliphatic carbocycles. The summed E-state index contributed by atoms with van der Waals surface area (Å²) in [4.78, 5) is 18.9. The minimum atomic E-state index is -0.462. The van der Waals surface area contributed by atoms with Gasteiger partial charge in [0.25, 0.3) is 5.69 Å². The zero-order valence-corrected chi connectivity index (χ0v) is 16.1. The number of non-ortho nitro benzene ring substituents is 1. The van der Waals surface area contributed by atoms with Crippen LogP contribution in [0.15, 0.2) is 62.7 Å². The molecule has 0 fully saturated rings. The molecule has 29 heavy (non-hydrogen) atoms. The van der Waals surface area contributed by atoms with Gasteiger partial charge in [-0.3, -0.25) is 15.5 Å². The van der Waals surface area contributed by atoms with E-state index in [0.29, 0.717) is 17.2 Å². The summed E-state index contributed by atoms with van der Waals surface area (Å²) in [7, 11) is 0. The molecule has 144 valence electrons. The lowest BCUT2D eigenvalue weighted by atomic mass is 10.2. The fraction of sp³-hybridized carbons (Fsp3) is 0. The van der Waals surface area contributed by atoms with Gasteiger partial charge in [-0.05, 0) is 46.2 Å². The Balaban J connectivity index is 1.59. The van der Waals surface area contributed by atoms with E-state index in [0.717, 1.165) is 10.2 Å². The van der Waals surface area contributed by atoms with Crippen LogP contribution in [0.1, 0.15) is 5.56 Å². The summed E-state index contributed by atoms with van der Waals surface area (Å²) in [6, 6.07) is 13.5. The second-order valence-corrected chi connectivity index (χ2v) is 6.60. The third-order valence-corrected chi connectivity index (χ3v) is 4.18. The Hall–Kier alpha value is -3.93. The monoisotopic (exact) mass is 454 g/mol. The van der Waals surface area contributed by atoms with Crippen LogP contribution in [0.3, 0.4) is 0 Å². The van der Waals surface area contributed by atoms with E-state index in [-0.39, 0.29) is 17.0 Å². The minimum Gasteiger partial charge on any atom is -0.337 e. The second-order valence-electron chi connectivity index (χ2n) is 5.69. The van der Waals surface area contributed by atoms with E-state index in [2.05, 4.69) is 56.7 Å². The van der Waals surface area contributed by atoms with Gasteiger partial charge in [0.15, 0.2) is 11.6 Å². The minimum absolute atomic E-state index is 0.00506. The zero-order chi connectivity index (χ0) is 20.2. The molecular weight excluding hydrogens is 444 g/mol. The Bertz CT molecular complexity index is 1210. The first-order valence-electron chi connectivity index (χ1n) is 8.15. The fourth-order valence-electron chi connectivity index (χ4n) is 2.36. The van der Waals surface area contributed by atoms with Gasteiger partial charge in [0.05, 0.1) is 11.1 Å². The zero-order valence-electron chi connectivity index (χ0n) is 14.5. The van der Waals surface area contributed by atoms with Crippen LogP contribution in [0, 0.1) is 10.1 Å². The summed E-state index contributed by atoms with van der Waals surface area (Å²) in [5.41, 5.74) is 4.70. The highest BCUT2D eigenvalue weighted by atomic mass is 79.9. The highest BCUT2D eigenvalue weighted by molar-refractivity contribution is 9.10. The molecular formula is C17H11BrN8O3. The van der Waals surface area contributed by atoms with Crippen molar-refractivity contribution in [1.82, 2.24) is 20.3 Å². The number of nitrogens with one attached hydrogen (secondary N) is 2. The predicted octanol–water partition coefficient (Wildman–Crippen LogP) is 3.87. The summed E-state index contributed by atoms with van der Waals surface area (Å²) in [5, 5.41) is 25.4. The molecule has 0 aliphatic rings. The lowest BCUT2D eigenvalue weighted by molar-refractivity contribution is -0.384. The normalized spacial score (nSPS) is 11.1. The van der Waals surface area contributed by atoms with Crippen molar-refractivity contribution in [2.24, 2.45) is 5.10 Å². The quantitative estimate of drug-likeness (QED) is 0.251. The summed E-state index contributed by atoms with van der Waals surface area (Å²) in [6.07, 6.45) is 1.50. The van der Waals surface area contributed by atoms with Gasteiger partial charge < -0.3 is 5.32 Å². The van der Waals surface area contributed by atoms with Crippen LogP contribution in [-0.4, -0.2) is 31.4 Å². The third-order valence-electron chi connectivity index (χ3n) is 3.69. The topological polar surface area (TPSA) is 144 Å². The maximum atomic E-state index is 10.7. The van der Waals surface area contributed by atoms with E-state index in [1.165, 1.54) is 18.3 Å². The van der Waals surface area contributed by atoms with Crippen molar-refractivity contribution in [3.05, 3.63) is 68.7 Å². The molecule has 4 aromatic rings. The number of hydrogen-bond donors (Lipinski definition) is 2. The average molecular weight is 455 g/mol. The predicted molar refractivity (Wildman–Crippen MR) is 109 cm³/mol. The molecule has 2 N–H and O–H groups in total. The SMILES string of the molecule is O=[N+]([O-])c1ccc(/C=N/Nc2nc3nonc3nc2Nc2cccc(Br)c2)cc1. The van der Waals surface area contributed by atoms with Crippen molar-refractivity contribution < 1.29 is 9.55 Å². The van der Waals surface area contributed by atoms with Crippen molar-refractivity contribution >= 4 is 56.4 Å². The van der Waals surface area contributed by atoms with E-state index in [4.69, 9.17) is 0 Å². The number of hydrazone groups is 1. The van der Waals surface area contributed by atoms with Gasteiger partial charge in [-0.25, -0.2) is 9.61 Å². The molecule has 12 heteroatoms. The van der Waals surface area contributed by atoms with Gasteiger partial charge in [-0.2, -0.15) is 10.1 Å². The molecule has 0 unspecified atom stereocenters. The van der Waals surface area contributed by atoms with Crippen LogP contribution in [0.2, 0.25) is 0 Å². The van der Waals surface area contributed by atoms with Crippen LogP contribution < -0.4 is 10.7 Å². The highest BCUT2D eigenvalue weighted by Gasteiger charge is 2.13. The molecule has 0 saturated carbocycles. The number of benzene rings is 2. The fourth-order valence-corrected chi connectivity index (χ4v) is 2.76. The Morgan fingerprint density at radius 2 is 1.79 bits per heavy atom. The Labute approximate surface area is 171 Å². The molecule has 4 rings (SSSR count). The van der Waals surface area contributed by atoms with E-state index < -0.39 is 4.92 Å². The van der Waals surface area contributed by atoms with Gasteiger partial charge in [-0.1, -0.05) is 22.0 Å². The van der Waals surface area contributed by atoms with E-state index in [9.17, 15) is 10.1 Å². The Morgan fingerprint density at radius 1 is 1.07 bits per heavy atom. The summed E-state index contributed by atoms with van der Waals surface area (Å²) < 4.78 is 5.56. The molecule has 0 saturated heterocycles. The molecule has 2 heterocycles. The lowest BCUT2D eigenvalue weighted by Gasteiger charge is -2.09. The van der Waals surface area contributed by atoms with Crippen molar-refractivity contribution in [2.75, 3.05) is 10.7 Å². The van der Waals surface area contributed by atoms with Gasteiger partial charge in [0.2, 0.25) is 11.3 Å². The van der Waals surface area contributed by atoms with Crippen LogP contribution >= 0.6 is 15.9 Å². The molecule has 11 nitrogen and oxygen atoms in total. The van der Waals surface area contributed by atoms with Crippen molar-refractivity contribution in [1.29, 1.82) is 0 Å². The molecule has 0 spiro atoms. The first-order chi connectivity index (χ1) is 14.1. The molecule has 2 aromatic heterocycles. The second kappa shape index (κ2) is 7.98. The maximum absolute atomic E-state index is 10.7. The number of fused-ring (bicyclic) bond motifs is 1. The molecule has 0 amide bonds. The standard InChI is InChI=1S/C17H11BrN8O3/c18-11-2-1-3-12(8-11)20-14-15(22-17-16(21-14)24-29-25-17)23-19-9-10-4-6-13(7-5-10)26(27)28/h1-9H,(H,20,21,24)(H,22,23,25)/b19-9+. The number of aromatic nitrogens is 4. The average Bonchev–Trinajstić information content (AvgIpc) is 3.16. The number of anilines is 3. The maximum Gasteiger partial charge on any atom is 0.269 e. The Morgan fingerprint density at radius 3 is 2.48 bits per heavy atom. The molecule has 0 bridgehead atoms. The molecule has 0 radical (unpaired) electrons. The summed E-state index contributed by atoms with van der Waals surface area (Å²) in [5.74, 6) is 0.665. The smallest absolute Gasteiger partial charge is 0.269 e. The van der Waals surface area contributed by atoms with Crippen molar-refractivity contribution in [3.63, 3.8) is 0 Å². The highest BCUT2D eigenvalue weighted by Crippen LogP contribution is 2.25. The number of rotatable bonds is 6. The molecule has 0 aliphatic heterocycles. The summed E-state index contributed by atoms with van der Waals surface area (Å²) >= 11 is 3.41. The van der Waals surface area contributed by atoms with Gasteiger partial charge in [0.1, 0.15) is 0 Å². The first-order valence-corrected chi connectivity index (χ1v) is 8.94. The van der Waals surface area contributed by atoms with Crippen LogP contribution in [0.25, 0.3) is 11.3 Å². The number of nitrogens with zero attached hydrogens (tertiary/aromatic N) is 6. The number of hydrogen-bond acceptors (Lipinski definition) is 10. The largest absolute Gasteiger partial charge is 0.337 e. The first kappa shape index (κ1) is 18.4. The van der Waals surface area contributed by atoms with Crippen molar-refractivity contribution in [3.8, 4) is 0 Å². The van der Waals surface area contributed by atoms with E-state index in [1.807, 2.05) is 24.3 Å². The van der Waals surface area contributed by atoms with Crippen molar-refractivity contribution in [2.45, 2.75) is 0 Å².